The van der Waals surface area contributed by atoms with Gasteiger partial charge in [-0.1, -0.05) is 6.07 Å². The lowest BCUT2D eigenvalue weighted by molar-refractivity contribution is 0.291. The van der Waals surface area contributed by atoms with Crippen LogP contribution < -0.4 is 4.74 Å². The number of ether oxygens (including phenoxy) is 1. The molecule has 1 saturated heterocycles. The lowest BCUT2D eigenvalue weighted by Crippen LogP contribution is -2.38. The van der Waals surface area contributed by atoms with Gasteiger partial charge in [0.1, 0.15) is 5.75 Å². The Bertz CT molecular complexity index is 1170. The molecular formula is C21H20N4O4S. The van der Waals surface area contributed by atoms with E-state index in [0.29, 0.717) is 43.3 Å². The predicted octanol–water partition coefficient (Wildman–Crippen LogP) is 3.19. The monoisotopic (exact) mass is 424 g/mol. The summed E-state index contributed by atoms with van der Waals surface area (Å²) in [5.41, 5.74) is 1.12. The highest BCUT2D eigenvalue weighted by Gasteiger charge is 2.32. The Labute approximate surface area is 174 Å². The van der Waals surface area contributed by atoms with Crippen molar-refractivity contribution in [1.82, 2.24) is 14.5 Å². The maximum atomic E-state index is 12.9. The third kappa shape index (κ3) is 3.92. The number of nitriles is 1. The molecule has 0 unspecified atom stereocenters. The molecule has 4 rings (SSSR count). The number of piperidine rings is 1. The molecule has 0 spiro atoms. The maximum Gasteiger partial charge on any atom is 0.247 e. The van der Waals surface area contributed by atoms with Gasteiger partial charge in [0.05, 0.1) is 23.6 Å². The van der Waals surface area contributed by atoms with E-state index in [1.54, 1.807) is 19.2 Å². The number of sulfonamides is 1. The van der Waals surface area contributed by atoms with Crippen LogP contribution in [0.4, 0.5) is 0 Å². The van der Waals surface area contributed by atoms with Crippen molar-refractivity contribution in [1.29, 1.82) is 5.26 Å². The van der Waals surface area contributed by atoms with E-state index in [9.17, 15) is 8.42 Å². The van der Waals surface area contributed by atoms with E-state index in [4.69, 9.17) is 14.4 Å². The topological polar surface area (TPSA) is 109 Å². The normalized spacial score (nSPS) is 15.6. The zero-order valence-corrected chi connectivity index (χ0v) is 17.2. The van der Waals surface area contributed by atoms with E-state index >= 15 is 0 Å². The Balaban J connectivity index is 1.44. The van der Waals surface area contributed by atoms with E-state index in [1.165, 1.54) is 16.4 Å². The molecule has 3 aromatic rings. The first-order chi connectivity index (χ1) is 14.5. The molecule has 9 heteroatoms. The van der Waals surface area contributed by atoms with Gasteiger partial charge in [0, 0.05) is 24.6 Å². The second-order valence-corrected chi connectivity index (χ2v) is 8.93. The molecule has 2 aromatic carbocycles. The van der Waals surface area contributed by atoms with Crippen molar-refractivity contribution in [3.8, 4) is 23.3 Å². The molecular weight excluding hydrogens is 404 g/mol. The molecule has 1 fully saturated rings. The van der Waals surface area contributed by atoms with Crippen LogP contribution in [0.5, 0.6) is 5.75 Å². The van der Waals surface area contributed by atoms with Crippen LogP contribution in [0.2, 0.25) is 0 Å². The SMILES string of the molecule is COc1ccc(-c2nnc(C3CCN(S(=O)(=O)c4cccc(C#N)c4)CC3)o2)cc1. The average Bonchev–Trinajstić information content (AvgIpc) is 3.29. The fourth-order valence-electron chi connectivity index (χ4n) is 3.47. The first-order valence-electron chi connectivity index (χ1n) is 9.49. The molecule has 2 heterocycles. The summed E-state index contributed by atoms with van der Waals surface area (Å²) in [5, 5.41) is 17.3. The molecule has 1 aliphatic rings. The zero-order chi connectivity index (χ0) is 21.1. The Kier molecular flexibility index (Phi) is 5.53. The molecule has 30 heavy (non-hydrogen) atoms. The fourth-order valence-corrected chi connectivity index (χ4v) is 4.98. The standard InChI is InChI=1S/C21H20N4O4S/c1-28-18-7-5-16(6-8-18)20-23-24-21(29-20)17-9-11-25(12-10-17)30(26,27)19-4-2-3-15(13-19)14-22/h2-8,13,17H,9-12H2,1H3. The molecule has 0 atom stereocenters. The molecule has 8 nitrogen and oxygen atoms in total. The van der Waals surface area contributed by atoms with E-state index < -0.39 is 10.0 Å². The minimum Gasteiger partial charge on any atom is -0.497 e. The minimum absolute atomic E-state index is 0.00129. The third-order valence-corrected chi connectivity index (χ3v) is 7.08. The summed E-state index contributed by atoms with van der Waals surface area (Å²) < 4.78 is 38.2. The highest BCUT2D eigenvalue weighted by Crippen LogP contribution is 2.32. The molecule has 0 radical (unpaired) electrons. The lowest BCUT2D eigenvalue weighted by Gasteiger charge is -2.29. The fraction of sp³-hybridized carbons (Fsp3) is 0.286. The summed E-state index contributed by atoms with van der Waals surface area (Å²) in [6.45, 7) is 0.702. The van der Waals surface area contributed by atoms with E-state index in [-0.39, 0.29) is 10.8 Å². The highest BCUT2D eigenvalue weighted by atomic mass is 32.2. The predicted molar refractivity (Wildman–Crippen MR) is 108 cm³/mol. The van der Waals surface area contributed by atoms with Crippen LogP contribution in [0.25, 0.3) is 11.5 Å². The minimum atomic E-state index is -3.64. The largest absolute Gasteiger partial charge is 0.497 e. The van der Waals surface area contributed by atoms with Crippen LogP contribution in [0.3, 0.4) is 0 Å². The van der Waals surface area contributed by atoms with Gasteiger partial charge in [-0.2, -0.15) is 9.57 Å². The molecule has 0 saturated carbocycles. The molecule has 0 bridgehead atoms. The summed E-state index contributed by atoms with van der Waals surface area (Å²) in [7, 11) is -2.04. The summed E-state index contributed by atoms with van der Waals surface area (Å²) in [5.74, 6) is 1.69. The van der Waals surface area contributed by atoms with Gasteiger partial charge in [0.25, 0.3) is 0 Å². The number of aromatic nitrogens is 2. The van der Waals surface area contributed by atoms with Gasteiger partial charge in [-0.25, -0.2) is 8.42 Å². The van der Waals surface area contributed by atoms with Crippen molar-refractivity contribution >= 4 is 10.0 Å². The lowest BCUT2D eigenvalue weighted by atomic mass is 9.98. The van der Waals surface area contributed by atoms with E-state index in [2.05, 4.69) is 10.2 Å². The number of hydrogen-bond donors (Lipinski definition) is 0. The van der Waals surface area contributed by atoms with E-state index in [1.807, 2.05) is 30.3 Å². The number of rotatable bonds is 5. The average molecular weight is 424 g/mol. The van der Waals surface area contributed by atoms with E-state index in [0.717, 1.165) is 11.3 Å². The molecule has 154 valence electrons. The first kappa shape index (κ1) is 20.1. The van der Waals surface area contributed by atoms with Crippen LogP contribution in [0.15, 0.2) is 57.8 Å². The van der Waals surface area contributed by atoms with Gasteiger partial charge in [0.15, 0.2) is 0 Å². The van der Waals surface area contributed by atoms with Gasteiger partial charge >= 0.3 is 0 Å². The smallest absolute Gasteiger partial charge is 0.247 e. The number of benzene rings is 2. The summed E-state index contributed by atoms with van der Waals surface area (Å²) in [6, 6.07) is 15.4. The number of methoxy groups -OCH3 is 1. The zero-order valence-electron chi connectivity index (χ0n) is 16.4. The molecule has 1 aromatic heterocycles. The van der Waals surface area contributed by atoms with Crippen molar-refractivity contribution in [3.63, 3.8) is 0 Å². The quantitative estimate of drug-likeness (QED) is 0.619. The van der Waals surface area contributed by atoms with Crippen LogP contribution in [-0.4, -0.2) is 43.1 Å². The van der Waals surface area contributed by atoms with Crippen LogP contribution >= 0.6 is 0 Å². The third-order valence-electron chi connectivity index (χ3n) is 5.18. The molecule has 0 aliphatic carbocycles. The second-order valence-electron chi connectivity index (χ2n) is 6.99. The Morgan fingerprint density at radius 1 is 1.13 bits per heavy atom. The summed E-state index contributed by atoms with van der Waals surface area (Å²) in [4.78, 5) is 0.139. The van der Waals surface area contributed by atoms with Crippen molar-refractivity contribution < 1.29 is 17.6 Å². The number of nitrogens with zero attached hydrogens (tertiary/aromatic N) is 4. The van der Waals surface area contributed by atoms with Crippen molar-refractivity contribution in [2.24, 2.45) is 0 Å². The van der Waals surface area contributed by atoms with Crippen molar-refractivity contribution in [2.75, 3.05) is 20.2 Å². The highest BCUT2D eigenvalue weighted by molar-refractivity contribution is 7.89. The Morgan fingerprint density at radius 2 is 1.87 bits per heavy atom. The maximum absolute atomic E-state index is 12.9. The van der Waals surface area contributed by atoms with Gasteiger partial charge in [0.2, 0.25) is 21.8 Å². The van der Waals surface area contributed by atoms with Crippen LogP contribution in [-0.2, 0) is 10.0 Å². The van der Waals surface area contributed by atoms with Crippen LogP contribution in [0, 0.1) is 11.3 Å². The molecule has 1 aliphatic heterocycles. The van der Waals surface area contributed by atoms with Gasteiger partial charge in [-0.15, -0.1) is 10.2 Å². The van der Waals surface area contributed by atoms with Crippen LogP contribution in [0.1, 0.15) is 30.2 Å². The first-order valence-corrected chi connectivity index (χ1v) is 10.9. The van der Waals surface area contributed by atoms with Crippen molar-refractivity contribution in [2.45, 2.75) is 23.7 Å². The second kappa shape index (κ2) is 8.26. The Hall–Kier alpha value is -3.22. The van der Waals surface area contributed by atoms with Crippen molar-refractivity contribution in [3.05, 3.63) is 60.0 Å². The summed E-state index contributed by atoms with van der Waals surface area (Å²) in [6.07, 6.45) is 1.17. The van der Waals surface area contributed by atoms with Gasteiger partial charge < -0.3 is 9.15 Å². The van der Waals surface area contributed by atoms with Gasteiger partial charge in [-0.05, 0) is 55.3 Å². The summed E-state index contributed by atoms with van der Waals surface area (Å²) >= 11 is 0. The molecule has 0 amide bonds. The van der Waals surface area contributed by atoms with Gasteiger partial charge in [-0.3, -0.25) is 0 Å². The Morgan fingerprint density at radius 3 is 2.53 bits per heavy atom. The molecule has 0 N–H and O–H groups in total. The number of hydrogen-bond acceptors (Lipinski definition) is 7.